The number of aliphatic hydroxyl groups is 1. The summed E-state index contributed by atoms with van der Waals surface area (Å²) in [6.07, 6.45) is 6.09. The van der Waals surface area contributed by atoms with E-state index in [1.165, 1.54) is 6.33 Å². The summed E-state index contributed by atoms with van der Waals surface area (Å²) in [4.78, 5) is 19.9. The summed E-state index contributed by atoms with van der Waals surface area (Å²) in [7, 11) is 3.82. The third kappa shape index (κ3) is 4.42. The van der Waals surface area contributed by atoms with Gasteiger partial charge in [-0.3, -0.25) is 0 Å². The van der Waals surface area contributed by atoms with Crippen molar-refractivity contribution in [3.8, 4) is 0 Å². The molecule has 1 saturated carbocycles. The second-order valence-electron chi connectivity index (χ2n) is 6.72. The van der Waals surface area contributed by atoms with Gasteiger partial charge < -0.3 is 20.6 Å². The van der Waals surface area contributed by atoms with Crippen molar-refractivity contribution in [2.24, 2.45) is 0 Å². The molecule has 2 aromatic heterocycles. The van der Waals surface area contributed by atoms with Crippen molar-refractivity contribution in [2.75, 3.05) is 36.2 Å². The number of rotatable bonds is 6. The van der Waals surface area contributed by atoms with Crippen molar-refractivity contribution in [2.45, 2.75) is 51.2 Å². The Morgan fingerprint density at radius 3 is 2.58 bits per heavy atom. The van der Waals surface area contributed by atoms with Gasteiger partial charge in [0, 0.05) is 20.6 Å². The molecule has 0 spiro atoms. The minimum absolute atomic E-state index is 0. The van der Waals surface area contributed by atoms with E-state index in [9.17, 15) is 5.11 Å². The van der Waals surface area contributed by atoms with Crippen LogP contribution in [0.1, 0.15) is 39.0 Å². The minimum atomic E-state index is -0.355. The lowest BCUT2D eigenvalue weighted by molar-refractivity contribution is 0.116. The molecule has 0 aromatic carbocycles. The Bertz CT molecular complexity index is 728. The predicted molar refractivity (Wildman–Crippen MR) is 107 cm³/mol. The third-order valence-corrected chi connectivity index (χ3v) is 4.46. The quantitative estimate of drug-likeness (QED) is 0.701. The molecule has 2 atom stereocenters. The molecule has 2 aromatic rings. The lowest BCUT2D eigenvalue weighted by atomic mass is 9.92. The molecule has 0 saturated heterocycles. The Kier molecular flexibility index (Phi) is 7.16. The van der Waals surface area contributed by atoms with Crippen LogP contribution in [0, 0.1) is 0 Å². The fourth-order valence-electron chi connectivity index (χ4n) is 3.06. The van der Waals surface area contributed by atoms with Gasteiger partial charge in [-0.1, -0.05) is 19.8 Å². The number of nitrogens with one attached hydrogen (secondary N) is 2. The summed E-state index contributed by atoms with van der Waals surface area (Å²) in [5.41, 5.74) is 1.37. The first kappa shape index (κ1) is 20.4. The second-order valence-corrected chi connectivity index (χ2v) is 6.72. The van der Waals surface area contributed by atoms with Crippen molar-refractivity contribution < 1.29 is 5.11 Å². The van der Waals surface area contributed by atoms with Crippen LogP contribution in [0.3, 0.4) is 0 Å². The van der Waals surface area contributed by atoms with E-state index in [0.717, 1.165) is 38.6 Å². The second kappa shape index (κ2) is 9.14. The highest BCUT2D eigenvalue weighted by Crippen LogP contribution is 2.28. The number of halogens is 1. The molecule has 0 unspecified atom stereocenters. The summed E-state index contributed by atoms with van der Waals surface area (Å²) in [6, 6.07) is -0.00308. The van der Waals surface area contributed by atoms with Gasteiger partial charge in [0.05, 0.1) is 12.1 Å². The first-order chi connectivity index (χ1) is 12.1. The van der Waals surface area contributed by atoms with Crippen molar-refractivity contribution in [1.29, 1.82) is 0 Å². The Morgan fingerprint density at radius 1 is 1.12 bits per heavy atom. The molecular weight excluding hydrogens is 354 g/mol. The van der Waals surface area contributed by atoms with Crippen LogP contribution in [-0.4, -0.2) is 57.8 Å². The number of hydrogen-bond acceptors (Lipinski definition) is 8. The lowest BCUT2D eigenvalue weighted by Crippen LogP contribution is -2.36. The van der Waals surface area contributed by atoms with Gasteiger partial charge in [0.25, 0.3) is 0 Å². The van der Waals surface area contributed by atoms with E-state index < -0.39 is 0 Å². The highest BCUT2D eigenvalue weighted by Gasteiger charge is 2.24. The van der Waals surface area contributed by atoms with Gasteiger partial charge in [0.15, 0.2) is 11.6 Å². The molecule has 1 aliphatic rings. The Hall–Kier alpha value is -1.93. The summed E-state index contributed by atoms with van der Waals surface area (Å²) in [6.45, 7) is 2.92. The molecule has 8 nitrogen and oxygen atoms in total. The molecule has 0 bridgehead atoms. The van der Waals surface area contributed by atoms with Gasteiger partial charge in [-0.15, -0.1) is 12.4 Å². The van der Waals surface area contributed by atoms with Crippen LogP contribution in [0.4, 0.5) is 17.6 Å². The van der Waals surface area contributed by atoms with E-state index in [1.54, 1.807) is 0 Å². The Balaban J connectivity index is 0.00000243. The van der Waals surface area contributed by atoms with Gasteiger partial charge in [0.2, 0.25) is 5.95 Å². The monoisotopic (exact) mass is 381 g/mol. The number of fused-ring (bicyclic) bond motifs is 1. The molecule has 0 aliphatic heterocycles. The minimum Gasteiger partial charge on any atom is -0.391 e. The van der Waals surface area contributed by atoms with Crippen LogP contribution in [0.25, 0.3) is 11.0 Å². The first-order valence-electron chi connectivity index (χ1n) is 8.98. The van der Waals surface area contributed by atoms with Gasteiger partial charge >= 0.3 is 0 Å². The number of nitrogens with zero attached hydrogens (tertiary/aromatic N) is 5. The fourth-order valence-corrected chi connectivity index (χ4v) is 3.06. The van der Waals surface area contributed by atoms with E-state index in [1.807, 2.05) is 19.0 Å². The van der Waals surface area contributed by atoms with Gasteiger partial charge in [0.1, 0.15) is 17.4 Å². The standard InChI is InChI=1S/C17H27N7O.ClH/c1-4-9-18-15-13-14(22-17(23-15)24(2)3)16(20-10-19-13)21-11-7-5-6-8-12(11)25;/h10-12,25H,4-9H2,1-3H3,(H,18,22,23)(H,19,20,21);1H/t11-,12-;/m1./s1. The van der Waals surface area contributed by atoms with E-state index in [4.69, 9.17) is 0 Å². The molecule has 0 amide bonds. The van der Waals surface area contributed by atoms with Crippen molar-refractivity contribution in [3.63, 3.8) is 0 Å². The molecular formula is C17H28ClN7O. The fraction of sp³-hybridized carbons (Fsp3) is 0.647. The van der Waals surface area contributed by atoms with Crippen LogP contribution >= 0.6 is 12.4 Å². The zero-order chi connectivity index (χ0) is 17.8. The maximum atomic E-state index is 10.3. The highest BCUT2D eigenvalue weighted by molar-refractivity contribution is 5.93. The molecule has 144 valence electrons. The van der Waals surface area contributed by atoms with Gasteiger partial charge in [-0.2, -0.15) is 4.98 Å². The zero-order valence-corrected chi connectivity index (χ0v) is 16.4. The Morgan fingerprint density at radius 2 is 1.88 bits per heavy atom. The van der Waals surface area contributed by atoms with Crippen LogP contribution in [0.2, 0.25) is 0 Å². The van der Waals surface area contributed by atoms with Crippen LogP contribution < -0.4 is 15.5 Å². The summed E-state index contributed by atoms with van der Waals surface area (Å²) in [5.74, 6) is 1.97. The average molecular weight is 382 g/mol. The van der Waals surface area contributed by atoms with Crippen LogP contribution in [0.15, 0.2) is 6.33 Å². The van der Waals surface area contributed by atoms with Gasteiger partial charge in [-0.05, 0) is 19.3 Å². The van der Waals surface area contributed by atoms with Gasteiger partial charge in [-0.25, -0.2) is 15.0 Å². The SMILES string of the molecule is CCCNc1nc(N(C)C)nc2c(N[C@@H]3CCCC[C@H]3O)ncnc12.Cl. The topological polar surface area (TPSA) is 99.1 Å². The van der Waals surface area contributed by atoms with E-state index in [0.29, 0.717) is 28.6 Å². The molecule has 9 heteroatoms. The molecule has 26 heavy (non-hydrogen) atoms. The van der Waals surface area contributed by atoms with Crippen molar-refractivity contribution in [3.05, 3.63) is 6.33 Å². The van der Waals surface area contributed by atoms with E-state index >= 15 is 0 Å². The highest BCUT2D eigenvalue weighted by atomic mass is 35.5. The molecule has 2 heterocycles. The van der Waals surface area contributed by atoms with E-state index in [-0.39, 0.29) is 24.6 Å². The molecule has 3 N–H and O–H groups in total. The molecule has 1 fully saturated rings. The molecule has 3 rings (SSSR count). The molecule has 0 radical (unpaired) electrons. The Labute approximate surface area is 160 Å². The van der Waals surface area contributed by atoms with E-state index in [2.05, 4.69) is 37.5 Å². The normalized spacial score (nSPS) is 19.7. The summed E-state index contributed by atoms with van der Waals surface area (Å²) in [5, 5.41) is 17.0. The van der Waals surface area contributed by atoms with Crippen LogP contribution in [0.5, 0.6) is 0 Å². The smallest absolute Gasteiger partial charge is 0.227 e. The average Bonchev–Trinajstić information content (AvgIpc) is 2.61. The predicted octanol–water partition coefficient (Wildman–Crippen LogP) is 2.44. The zero-order valence-electron chi connectivity index (χ0n) is 15.6. The summed E-state index contributed by atoms with van der Waals surface area (Å²) >= 11 is 0. The molecule has 1 aliphatic carbocycles. The first-order valence-corrected chi connectivity index (χ1v) is 8.98. The lowest BCUT2D eigenvalue weighted by Gasteiger charge is -2.29. The third-order valence-electron chi connectivity index (χ3n) is 4.46. The van der Waals surface area contributed by atoms with Crippen molar-refractivity contribution >= 4 is 41.0 Å². The summed E-state index contributed by atoms with van der Waals surface area (Å²) < 4.78 is 0. The number of anilines is 3. The largest absolute Gasteiger partial charge is 0.391 e. The maximum absolute atomic E-state index is 10.3. The maximum Gasteiger partial charge on any atom is 0.227 e. The van der Waals surface area contributed by atoms with Crippen LogP contribution in [-0.2, 0) is 0 Å². The number of aliphatic hydroxyl groups excluding tert-OH is 1. The number of hydrogen-bond donors (Lipinski definition) is 3. The number of aromatic nitrogens is 4. The van der Waals surface area contributed by atoms with Crippen molar-refractivity contribution in [1.82, 2.24) is 19.9 Å².